The second-order valence-electron chi connectivity index (χ2n) is 4.48. The van der Waals surface area contributed by atoms with E-state index in [-0.39, 0.29) is 30.4 Å². The number of carbonyl (C=O) groups is 1. The molecule has 3 nitrogen and oxygen atoms in total. The standard InChI is InChI=1S/C13H18F2N2O/c1-9(16)7-13(18)17(2)6-5-10-8-11(14)3-4-12(10)15/h3-4,8-9H,5-7,16H2,1-2H3. The van der Waals surface area contributed by atoms with E-state index in [0.29, 0.717) is 6.54 Å². The summed E-state index contributed by atoms with van der Waals surface area (Å²) >= 11 is 0. The Labute approximate surface area is 106 Å². The van der Waals surface area contributed by atoms with E-state index >= 15 is 0 Å². The molecule has 0 saturated heterocycles. The Morgan fingerprint density at radius 2 is 2.11 bits per heavy atom. The van der Waals surface area contributed by atoms with Crippen molar-refractivity contribution in [1.82, 2.24) is 4.90 Å². The Balaban J connectivity index is 2.54. The minimum atomic E-state index is -0.476. The molecule has 0 aliphatic carbocycles. The zero-order chi connectivity index (χ0) is 13.7. The average molecular weight is 256 g/mol. The van der Waals surface area contributed by atoms with E-state index in [1.54, 1.807) is 14.0 Å². The molecule has 1 unspecified atom stereocenters. The highest BCUT2D eigenvalue weighted by atomic mass is 19.1. The number of likely N-dealkylation sites (N-methyl/N-ethyl adjacent to an activating group) is 1. The summed E-state index contributed by atoms with van der Waals surface area (Å²) in [5.41, 5.74) is 5.80. The lowest BCUT2D eigenvalue weighted by atomic mass is 10.1. The number of hydrogen-bond acceptors (Lipinski definition) is 2. The maximum atomic E-state index is 13.3. The molecule has 5 heteroatoms. The first-order valence-corrected chi connectivity index (χ1v) is 5.83. The van der Waals surface area contributed by atoms with Crippen molar-refractivity contribution >= 4 is 5.91 Å². The Bertz CT molecular complexity index is 421. The van der Waals surface area contributed by atoms with Crippen LogP contribution >= 0.6 is 0 Å². The van der Waals surface area contributed by atoms with Crippen LogP contribution in [0.2, 0.25) is 0 Å². The third-order valence-electron chi connectivity index (χ3n) is 2.65. The molecule has 0 bridgehead atoms. The lowest BCUT2D eigenvalue weighted by Gasteiger charge is -2.18. The molecule has 0 aromatic heterocycles. The first-order valence-electron chi connectivity index (χ1n) is 5.83. The van der Waals surface area contributed by atoms with E-state index in [1.165, 1.54) is 4.90 Å². The van der Waals surface area contributed by atoms with Crippen LogP contribution in [-0.4, -0.2) is 30.4 Å². The predicted octanol–water partition coefficient (Wildman–Crippen LogP) is 1.70. The summed E-state index contributed by atoms with van der Waals surface area (Å²) in [6.45, 7) is 2.09. The van der Waals surface area contributed by atoms with Gasteiger partial charge in [0.25, 0.3) is 0 Å². The zero-order valence-corrected chi connectivity index (χ0v) is 10.6. The van der Waals surface area contributed by atoms with Crippen LogP contribution in [-0.2, 0) is 11.2 Å². The Morgan fingerprint density at radius 3 is 2.72 bits per heavy atom. The van der Waals surface area contributed by atoms with Crippen molar-refractivity contribution in [1.29, 1.82) is 0 Å². The van der Waals surface area contributed by atoms with E-state index in [9.17, 15) is 13.6 Å². The maximum Gasteiger partial charge on any atom is 0.223 e. The fraction of sp³-hybridized carbons (Fsp3) is 0.462. The van der Waals surface area contributed by atoms with Gasteiger partial charge in [0.2, 0.25) is 5.91 Å². The number of amides is 1. The number of benzene rings is 1. The van der Waals surface area contributed by atoms with Crippen LogP contribution < -0.4 is 5.73 Å². The topological polar surface area (TPSA) is 46.3 Å². The summed E-state index contributed by atoms with van der Waals surface area (Å²) in [7, 11) is 1.63. The van der Waals surface area contributed by atoms with Gasteiger partial charge in [-0.25, -0.2) is 8.78 Å². The molecule has 1 aromatic rings. The monoisotopic (exact) mass is 256 g/mol. The highest BCUT2D eigenvalue weighted by molar-refractivity contribution is 5.76. The summed E-state index contributed by atoms with van der Waals surface area (Å²) in [6, 6.07) is 3.11. The second kappa shape index (κ2) is 6.44. The Hall–Kier alpha value is -1.49. The van der Waals surface area contributed by atoms with Crippen molar-refractivity contribution in [2.24, 2.45) is 5.73 Å². The van der Waals surface area contributed by atoms with Gasteiger partial charge in [-0.1, -0.05) is 0 Å². The molecule has 0 heterocycles. The first-order chi connectivity index (χ1) is 8.40. The predicted molar refractivity (Wildman–Crippen MR) is 66.0 cm³/mol. The number of nitrogens with two attached hydrogens (primary N) is 1. The third kappa shape index (κ3) is 4.41. The molecule has 2 N–H and O–H groups in total. The van der Waals surface area contributed by atoms with Gasteiger partial charge in [-0.3, -0.25) is 4.79 Å². The molecule has 1 amide bonds. The van der Waals surface area contributed by atoms with Crippen molar-refractivity contribution in [3.05, 3.63) is 35.4 Å². The van der Waals surface area contributed by atoms with Crippen LogP contribution in [0.3, 0.4) is 0 Å². The molecule has 0 spiro atoms. The van der Waals surface area contributed by atoms with Gasteiger partial charge >= 0.3 is 0 Å². The number of nitrogens with zero attached hydrogens (tertiary/aromatic N) is 1. The summed E-state index contributed by atoms with van der Waals surface area (Å²) < 4.78 is 26.3. The molecule has 1 rings (SSSR count). The number of hydrogen-bond donors (Lipinski definition) is 1. The van der Waals surface area contributed by atoms with Crippen LogP contribution in [0.1, 0.15) is 18.9 Å². The minimum Gasteiger partial charge on any atom is -0.345 e. The fourth-order valence-electron chi connectivity index (χ4n) is 1.58. The highest BCUT2D eigenvalue weighted by Gasteiger charge is 2.12. The van der Waals surface area contributed by atoms with Gasteiger partial charge in [-0.15, -0.1) is 0 Å². The first kappa shape index (κ1) is 14.6. The van der Waals surface area contributed by atoms with Gasteiger partial charge in [0.05, 0.1) is 0 Å². The third-order valence-corrected chi connectivity index (χ3v) is 2.65. The summed E-state index contributed by atoms with van der Waals surface area (Å²) in [6.07, 6.45) is 0.535. The number of carbonyl (C=O) groups excluding carboxylic acids is 1. The van der Waals surface area contributed by atoms with Crippen molar-refractivity contribution in [3.8, 4) is 0 Å². The van der Waals surface area contributed by atoms with Crippen LogP contribution in [0, 0.1) is 11.6 Å². The molecule has 0 aliphatic rings. The SMILES string of the molecule is CC(N)CC(=O)N(C)CCc1cc(F)ccc1F. The van der Waals surface area contributed by atoms with Crippen LogP contribution in [0.25, 0.3) is 0 Å². The maximum absolute atomic E-state index is 13.3. The van der Waals surface area contributed by atoms with Gasteiger partial charge in [0.1, 0.15) is 11.6 Å². The molecular formula is C13H18F2N2O. The highest BCUT2D eigenvalue weighted by Crippen LogP contribution is 2.11. The van der Waals surface area contributed by atoms with E-state index in [1.807, 2.05) is 0 Å². The van der Waals surface area contributed by atoms with Gasteiger partial charge in [-0.2, -0.15) is 0 Å². The molecule has 0 saturated carbocycles. The van der Waals surface area contributed by atoms with Gasteiger partial charge < -0.3 is 10.6 Å². The molecule has 0 radical (unpaired) electrons. The van der Waals surface area contributed by atoms with E-state index < -0.39 is 11.6 Å². The Morgan fingerprint density at radius 1 is 1.44 bits per heavy atom. The number of halogens is 2. The average Bonchev–Trinajstić information content (AvgIpc) is 2.29. The zero-order valence-electron chi connectivity index (χ0n) is 10.6. The van der Waals surface area contributed by atoms with Crippen LogP contribution in [0.5, 0.6) is 0 Å². The van der Waals surface area contributed by atoms with Crippen molar-refractivity contribution in [2.45, 2.75) is 25.8 Å². The van der Waals surface area contributed by atoms with Crippen molar-refractivity contribution in [2.75, 3.05) is 13.6 Å². The Kier molecular flexibility index (Phi) is 5.22. The van der Waals surface area contributed by atoms with Crippen LogP contribution in [0.4, 0.5) is 8.78 Å². The lowest BCUT2D eigenvalue weighted by Crippen LogP contribution is -2.33. The molecule has 1 atom stereocenters. The summed E-state index contributed by atoms with van der Waals surface area (Å²) in [5, 5.41) is 0. The fourth-order valence-corrected chi connectivity index (χ4v) is 1.58. The largest absolute Gasteiger partial charge is 0.345 e. The minimum absolute atomic E-state index is 0.0955. The molecule has 0 aliphatic heterocycles. The summed E-state index contributed by atoms with van der Waals surface area (Å²) in [5.74, 6) is -1.03. The molecule has 18 heavy (non-hydrogen) atoms. The van der Waals surface area contributed by atoms with E-state index in [0.717, 1.165) is 18.2 Å². The second-order valence-corrected chi connectivity index (χ2v) is 4.48. The van der Waals surface area contributed by atoms with E-state index in [4.69, 9.17) is 5.73 Å². The quantitative estimate of drug-likeness (QED) is 0.871. The van der Waals surface area contributed by atoms with Crippen molar-refractivity contribution < 1.29 is 13.6 Å². The summed E-state index contributed by atoms with van der Waals surface area (Å²) in [4.78, 5) is 13.1. The van der Waals surface area contributed by atoms with Crippen LogP contribution in [0.15, 0.2) is 18.2 Å². The molecule has 0 fully saturated rings. The number of rotatable bonds is 5. The normalized spacial score (nSPS) is 12.3. The van der Waals surface area contributed by atoms with Crippen molar-refractivity contribution in [3.63, 3.8) is 0 Å². The lowest BCUT2D eigenvalue weighted by molar-refractivity contribution is -0.130. The molecule has 1 aromatic carbocycles. The van der Waals surface area contributed by atoms with Gasteiger partial charge in [-0.05, 0) is 37.1 Å². The van der Waals surface area contributed by atoms with Gasteiger partial charge in [0, 0.05) is 26.1 Å². The smallest absolute Gasteiger partial charge is 0.223 e. The van der Waals surface area contributed by atoms with E-state index in [2.05, 4.69) is 0 Å². The molecular weight excluding hydrogens is 238 g/mol. The van der Waals surface area contributed by atoms with Gasteiger partial charge in [0.15, 0.2) is 0 Å². The molecule has 100 valence electrons.